The van der Waals surface area contributed by atoms with Crippen molar-refractivity contribution < 1.29 is 14.3 Å². The summed E-state index contributed by atoms with van der Waals surface area (Å²) < 4.78 is 6.90. The predicted octanol–water partition coefficient (Wildman–Crippen LogP) is 5.59. The first-order chi connectivity index (χ1) is 10.5. The highest BCUT2D eigenvalue weighted by molar-refractivity contribution is 14.1. The Kier molecular flexibility index (Phi) is 4.62. The number of aromatic nitrogens is 1. The molecule has 5 nitrogen and oxygen atoms in total. The third-order valence-corrected chi connectivity index (χ3v) is 6.20. The van der Waals surface area contributed by atoms with Gasteiger partial charge in [-0.2, -0.15) is 0 Å². The number of fused-ring (bicyclic) bond motifs is 1. The van der Waals surface area contributed by atoms with E-state index in [0.29, 0.717) is 25.0 Å². The highest BCUT2D eigenvalue weighted by atomic mass is 127. The number of hydrogen-bond acceptors (Lipinski definition) is 4. The first-order valence-electron chi connectivity index (χ1n) is 5.94. The molecule has 0 aliphatic heterocycles. The highest BCUT2D eigenvalue weighted by Gasteiger charge is 2.24. The van der Waals surface area contributed by atoms with Crippen LogP contribution in [0, 0.1) is 3.77 Å². The molecule has 1 amide bonds. The van der Waals surface area contributed by atoms with Crippen LogP contribution in [0.5, 0.6) is 0 Å². The molecular formula is C13H7BrClIN2O3S. The van der Waals surface area contributed by atoms with E-state index in [-0.39, 0.29) is 11.7 Å². The molecule has 0 saturated heterocycles. The van der Waals surface area contributed by atoms with Crippen LogP contribution in [-0.2, 0) is 6.54 Å². The van der Waals surface area contributed by atoms with Crippen LogP contribution in [0.2, 0.25) is 5.15 Å². The van der Waals surface area contributed by atoms with E-state index in [1.807, 2.05) is 40.1 Å². The number of rotatable bonds is 3. The van der Waals surface area contributed by atoms with Crippen molar-refractivity contribution in [3.63, 3.8) is 0 Å². The van der Waals surface area contributed by atoms with E-state index in [0.717, 1.165) is 4.88 Å². The number of anilines is 1. The van der Waals surface area contributed by atoms with Crippen LogP contribution in [0.4, 0.5) is 10.5 Å². The number of thiophene rings is 1. The van der Waals surface area contributed by atoms with Crippen molar-refractivity contribution in [3.8, 4) is 0 Å². The van der Waals surface area contributed by atoms with E-state index in [2.05, 4.69) is 20.9 Å². The number of carbonyl (C=O) groups is 1. The van der Waals surface area contributed by atoms with Crippen LogP contribution in [0.25, 0.3) is 11.1 Å². The number of hydrogen-bond donors (Lipinski definition) is 1. The summed E-state index contributed by atoms with van der Waals surface area (Å²) in [4.78, 5) is 18.0. The van der Waals surface area contributed by atoms with Gasteiger partial charge < -0.3 is 9.52 Å². The molecule has 9 heteroatoms. The molecule has 114 valence electrons. The minimum atomic E-state index is -1.08. The van der Waals surface area contributed by atoms with Gasteiger partial charge in [-0.3, -0.25) is 4.90 Å². The normalized spacial score (nSPS) is 11.0. The van der Waals surface area contributed by atoms with Crippen molar-refractivity contribution in [2.24, 2.45) is 0 Å². The summed E-state index contributed by atoms with van der Waals surface area (Å²) in [5.41, 5.74) is 1.27. The van der Waals surface area contributed by atoms with Crippen LogP contribution < -0.4 is 4.90 Å². The topological polar surface area (TPSA) is 66.6 Å². The summed E-state index contributed by atoms with van der Waals surface area (Å²) in [6.45, 7) is 0.220. The number of amides is 1. The van der Waals surface area contributed by atoms with Gasteiger partial charge in [0, 0.05) is 33.5 Å². The fourth-order valence-corrected chi connectivity index (χ4v) is 3.69. The third-order valence-electron chi connectivity index (χ3n) is 2.91. The second-order valence-corrected chi connectivity index (χ2v) is 7.47. The molecule has 3 aromatic heterocycles. The van der Waals surface area contributed by atoms with Gasteiger partial charge in [0.2, 0.25) is 0 Å². The monoisotopic (exact) mass is 512 g/mol. The molecule has 0 saturated carbocycles. The Morgan fingerprint density at radius 3 is 3.00 bits per heavy atom. The van der Waals surface area contributed by atoms with Gasteiger partial charge >= 0.3 is 6.09 Å². The molecule has 0 aromatic carbocycles. The summed E-state index contributed by atoms with van der Waals surface area (Å²) >= 11 is 12.9. The van der Waals surface area contributed by atoms with E-state index < -0.39 is 6.09 Å². The Balaban J connectivity index is 2.17. The van der Waals surface area contributed by atoms with Crippen LogP contribution in [-0.4, -0.2) is 16.2 Å². The Morgan fingerprint density at radius 1 is 1.59 bits per heavy atom. The zero-order valence-electron chi connectivity index (χ0n) is 10.7. The minimum absolute atomic E-state index is 0.206. The summed E-state index contributed by atoms with van der Waals surface area (Å²) in [6, 6.07) is 5.25. The van der Waals surface area contributed by atoms with E-state index in [1.165, 1.54) is 22.3 Å². The third kappa shape index (κ3) is 2.97. The Morgan fingerprint density at radius 2 is 2.36 bits per heavy atom. The van der Waals surface area contributed by atoms with Crippen LogP contribution >= 0.6 is 61.5 Å². The van der Waals surface area contributed by atoms with Gasteiger partial charge in [-0.1, -0.05) is 17.7 Å². The van der Waals surface area contributed by atoms with Gasteiger partial charge in [0.05, 0.1) is 16.7 Å². The number of furan rings is 1. The predicted molar refractivity (Wildman–Crippen MR) is 98.0 cm³/mol. The first kappa shape index (κ1) is 16.0. The average Bonchev–Trinajstić information content (AvgIpc) is 3.06. The number of carboxylic acid groups (broad SMARTS) is 1. The smallest absolute Gasteiger partial charge is 0.412 e. The Bertz CT molecular complexity index is 853. The molecular weight excluding hydrogens is 506 g/mol. The SMILES string of the molecule is O=C(O)N(Cc1cccs1)c1cc(Cl)nc2c(Br)c(I)oc12. The number of halogens is 3. The Labute approximate surface area is 156 Å². The van der Waals surface area contributed by atoms with Crippen LogP contribution in [0.15, 0.2) is 32.5 Å². The van der Waals surface area contributed by atoms with E-state index in [4.69, 9.17) is 16.0 Å². The summed E-state index contributed by atoms with van der Waals surface area (Å²) in [7, 11) is 0. The number of pyridine rings is 1. The lowest BCUT2D eigenvalue weighted by Gasteiger charge is -2.18. The molecule has 0 radical (unpaired) electrons. The van der Waals surface area contributed by atoms with Crippen LogP contribution in [0.1, 0.15) is 4.88 Å². The van der Waals surface area contributed by atoms with Crippen molar-refractivity contribution in [1.29, 1.82) is 0 Å². The molecule has 0 aliphatic rings. The maximum atomic E-state index is 11.7. The molecule has 0 atom stereocenters. The molecule has 3 aromatic rings. The molecule has 22 heavy (non-hydrogen) atoms. The molecule has 0 aliphatic carbocycles. The molecule has 3 rings (SSSR count). The second kappa shape index (κ2) is 6.34. The van der Waals surface area contributed by atoms with Gasteiger partial charge in [0.15, 0.2) is 9.35 Å². The van der Waals surface area contributed by atoms with E-state index >= 15 is 0 Å². The fraction of sp³-hybridized carbons (Fsp3) is 0.0769. The van der Waals surface area contributed by atoms with Gasteiger partial charge in [0.25, 0.3) is 0 Å². The average molecular weight is 514 g/mol. The minimum Gasteiger partial charge on any atom is -0.465 e. The molecule has 0 fully saturated rings. The van der Waals surface area contributed by atoms with Gasteiger partial charge in [-0.15, -0.1) is 11.3 Å². The first-order valence-corrected chi connectivity index (χ1v) is 9.07. The quantitative estimate of drug-likeness (QED) is 0.366. The van der Waals surface area contributed by atoms with Gasteiger partial charge in [0.1, 0.15) is 10.7 Å². The lowest BCUT2D eigenvalue weighted by Crippen LogP contribution is -2.28. The molecule has 0 spiro atoms. The lowest BCUT2D eigenvalue weighted by molar-refractivity contribution is 0.201. The van der Waals surface area contributed by atoms with E-state index in [9.17, 15) is 9.90 Å². The molecule has 3 heterocycles. The molecule has 1 N–H and O–H groups in total. The maximum absolute atomic E-state index is 11.7. The molecule has 0 unspecified atom stereocenters. The highest BCUT2D eigenvalue weighted by Crippen LogP contribution is 2.38. The van der Waals surface area contributed by atoms with Crippen molar-refractivity contribution in [3.05, 3.63) is 41.8 Å². The fourth-order valence-electron chi connectivity index (χ4n) is 1.98. The number of nitrogens with zero attached hydrogens (tertiary/aromatic N) is 2. The van der Waals surface area contributed by atoms with Crippen molar-refractivity contribution in [2.45, 2.75) is 6.54 Å². The largest absolute Gasteiger partial charge is 0.465 e. The van der Waals surface area contributed by atoms with Gasteiger partial charge in [-0.05, 0) is 27.4 Å². The zero-order chi connectivity index (χ0) is 15.9. The maximum Gasteiger partial charge on any atom is 0.412 e. The summed E-state index contributed by atoms with van der Waals surface area (Å²) in [5, 5.41) is 11.7. The van der Waals surface area contributed by atoms with Crippen LogP contribution in [0.3, 0.4) is 0 Å². The lowest BCUT2D eigenvalue weighted by atomic mass is 10.3. The van der Waals surface area contributed by atoms with Gasteiger partial charge in [-0.25, -0.2) is 9.78 Å². The summed E-state index contributed by atoms with van der Waals surface area (Å²) in [5.74, 6) is 0. The summed E-state index contributed by atoms with van der Waals surface area (Å²) in [6.07, 6.45) is -1.08. The second-order valence-electron chi connectivity index (χ2n) is 4.28. The van der Waals surface area contributed by atoms with Crippen molar-refractivity contribution in [1.82, 2.24) is 4.98 Å². The molecule has 0 bridgehead atoms. The Hall–Kier alpha value is -0.840. The standard InChI is InChI=1S/C13H7BrClIN2O3S/c14-9-10-11(21-12(9)16)7(4-8(15)17-10)18(13(19)20)5-6-2-1-3-22-6/h1-4H,5H2,(H,19,20). The van der Waals surface area contributed by atoms with Crippen molar-refractivity contribution in [2.75, 3.05) is 4.90 Å². The van der Waals surface area contributed by atoms with E-state index in [1.54, 1.807) is 0 Å². The zero-order valence-corrected chi connectivity index (χ0v) is 16.0. The van der Waals surface area contributed by atoms with Crippen molar-refractivity contribution >= 4 is 84.3 Å².